The smallest absolute Gasteiger partial charge is 0.209 e. The highest BCUT2D eigenvalue weighted by atomic mass is 16.3. The van der Waals surface area contributed by atoms with E-state index in [1.807, 2.05) is 45.0 Å². The van der Waals surface area contributed by atoms with Gasteiger partial charge < -0.3 is 20.4 Å². The first kappa shape index (κ1) is 33.4. The van der Waals surface area contributed by atoms with Crippen LogP contribution in [0.3, 0.4) is 0 Å². The Kier molecular flexibility index (Phi) is 8.26. The van der Waals surface area contributed by atoms with E-state index < -0.39 is 56.8 Å². The molecule has 2 aromatic carbocycles. The lowest BCUT2D eigenvalue weighted by Gasteiger charge is -2.59. The van der Waals surface area contributed by atoms with Crippen LogP contribution in [-0.4, -0.2) is 43.4 Å². The van der Waals surface area contributed by atoms with Crippen LogP contribution in [-0.2, 0) is 22.4 Å². The van der Waals surface area contributed by atoms with Gasteiger partial charge in [0.15, 0.2) is 17.2 Å². The third-order valence-electron chi connectivity index (χ3n) is 10.9. The second kappa shape index (κ2) is 11.4. The topological polar surface area (TPSA) is 132 Å². The lowest BCUT2D eigenvalue weighted by molar-refractivity contribution is -0.171. The van der Waals surface area contributed by atoms with Crippen LogP contribution in [0.1, 0.15) is 89.2 Å². The van der Waals surface area contributed by atoms with Crippen molar-refractivity contribution in [1.82, 2.24) is 0 Å². The molecule has 7 heteroatoms. The van der Waals surface area contributed by atoms with E-state index in [2.05, 4.69) is 20.4 Å². The van der Waals surface area contributed by atoms with Crippen molar-refractivity contribution in [2.24, 2.45) is 28.6 Å². The van der Waals surface area contributed by atoms with Crippen LogP contribution in [0.25, 0.3) is 11.1 Å². The monoisotopic (exact) mass is 626 g/mol. The van der Waals surface area contributed by atoms with Gasteiger partial charge in [0.25, 0.3) is 0 Å². The van der Waals surface area contributed by atoms with Gasteiger partial charge in [0.05, 0.1) is 5.56 Å². The molecular formula is C39H46O7. The van der Waals surface area contributed by atoms with Gasteiger partial charge in [-0.1, -0.05) is 90.4 Å². The van der Waals surface area contributed by atoms with Crippen molar-refractivity contribution in [3.05, 3.63) is 87.9 Å². The van der Waals surface area contributed by atoms with Gasteiger partial charge in [0.2, 0.25) is 5.78 Å². The predicted octanol–water partition coefficient (Wildman–Crippen LogP) is 7.55. The van der Waals surface area contributed by atoms with Crippen molar-refractivity contribution in [2.45, 2.75) is 86.2 Å². The van der Waals surface area contributed by atoms with E-state index in [-0.39, 0.29) is 35.6 Å². The molecule has 0 radical (unpaired) electrons. The number of aromatic hydroxyl groups is 1. The Morgan fingerprint density at radius 3 is 2.22 bits per heavy atom. The molecule has 2 aromatic rings. The molecule has 0 fully saturated rings. The van der Waals surface area contributed by atoms with Gasteiger partial charge in [-0.2, -0.15) is 0 Å². The van der Waals surface area contributed by atoms with Gasteiger partial charge in [-0.25, -0.2) is 0 Å². The number of hydrogen-bond donors (Lipinski definition) is 4. The Morgan fingerprint density at radius 2 is 1.65 bits per heavy atom. The number of benzene rings is 2. The largest absolute Gasteiger partial charge is 0.511 e. The first-order valence-electron chi connectivity index (χ1n) is 16.2. The first-order chi connectivity index (χ1) is 21.4. The van der Waals surface area contributed by atoms with Gasteiger partial charge in [0.1, 0.15) is 22.8 Å². The van der Waals surface area contributed by atoms with Crippen LogP contribution < -0.4 is 0 Å². The predicted molar refractivity (Wildman–Crippen MR) is 178 cm³/mol. The molecule has 4 N–H and O–H groups in total. The molecule has 0 saturated carbocycles. The number of ketones is 3. The van der Waals surface area contributed by atoms with Gasteiger partial charge in [-0.3, -0.25) is 14.4 Å². The Morgan fingerprint density at radius 1 is 1.02 bits per heavy atom. The van der Waals surface area contributed by atoms with E-state index >= 15 is 0 Å². The summed E-state index contributed by atoms with van der Waals surface area (Å²) in [4.78, 5) is 40.8. The maximum absolute atomic E-state index is 14.3. The number of Topliss-reactive ketones (excluding diaryl/α,β-unsaturated/α-hetero) is 3. The normalized spacial score (nSPS) is 28.2. The molecule has 0 heterocycles. The lowest BCUT2D eigenvalue weighted by atomic mass is 9.44. The standard InChI is InChI=1S/C39H46O7/c1-9-21(4)16-22(5)17-24-10-12-25(13-11-24)26-14-15-28(41)30-27(26)18-37(7)19-38(8)31(20(2)3)33(42)29(23(6)40)35(44)39(38,46)36(45)32(37)34(30)43/h10-15,20-21,31,41-42,45-46H,5,9,16-19H2,1-4,6-8H3. The van der Waals surface area contributed by atoms with Crippen LogP contribution in [0.2, 0.25) is 0 Å². The second-order valence-electron chi connectivity index (χ2n) is 14.8. The van der Waals surface area contributed by atoms with Crippen LogP contribution in [0.5, 0.6) is 5.75 Å². The molecule has 46 heavy (non-hydrogen) atoms. The van der Waals surface area contributed by atoms with E-state index in [0.717, 1.165) is 42.9 Å². The molecule has 0 spiro atoms. The Bertz CT molecular complexity index is 1720. The van der Waals surface area contributed by atoms with Crippen LogP contribution in [0.15, 0.2) is 71.2 Å². The summed E-state index contributed by atoms with van der Waals surface area (Å²) in [6.07, 6.45) is 3.11. The zero-order chi connectivity index (χ0) is 34.1. The number of rotatable bonds is 8. The first-order valence-corrected chi connectivity index (χ1v) is 16.2. The number of aliphatic hydroxyl groups is 3. The van der Waals surface area contributed by atoms with E-state index in [1.165, 1.54) is 11.6 Å². The quantitative estimate of drug-likeness (QED) is 0.176. The maximum Gasteiger partial charge on any atom is 0.209 e. The average molecular weight is 627 g/mol. The molecule has 0 bridgehead atoms. The summed E-state index contributed by atoms with van der Waals surface area (Å²) < 4.78 is 0. The lowest BCUT2D eigenvalue weighted by Crippen LogP contribution is -2.67. The van der Waals surface area contributed by atoms with Crippen molar-refractivity contribution >= 4 is 17.3 Å². The van der Waals surface area contributed by atoms with Crippen LogP contribution >= 0.6 is 0 Å². The highest BCUT2D eigenvalue weighted by Gasteiger charge is 2.71. The Balaban J connectivity index is 1.64. The fourth-order valence-electron chi connectivity index (χ4n) is 8.80. The fourth-order valence-corrected chi connectivity index (χ4v) is 8.80. The molecule has 7 nitrogen and oxygen atoms in total. The minimum absolute atomic E-state index is 0.0172. The third kappa shape index (κ3) is 4.77. The summed E-state index contributed by atoms with van der Waals surface area (Å²) in [7, 11) is 0. The molecule has 0 saturated heterocycles. The molecule has 0 amide bonds. The van der Waals surface area contributed by atoms with Crippen molar-refractivity contribution in [1.29, 1.82) is 0 Å². The molecule has 244 valence electrons. The van der Waals surface area contributed by atoms with E-state index in [4.69, 9.17) is 0 Å². The SMILES string of the molecule is C=C(Cc1ccc(-c2ccc(O)c3c2CC2(C)CC4(C)C(C(C)C)C(O)=C(C(C)=O)C(=O)C4(O)C(O)=C2C3=O)cc1)CC(C)CC. The van der Waals surface area contributed by atoms with Gasteiger partial charge in [-0.15, -0.1) is 0 Å². The minimum atomic E-state index is -2.63. The molecule has 5 atom stereocenters. The maximum atomic E-state index is 14.3. The summed E-state index contributed by atoms with van der Waals surface area (Å²) in [5, 5.41) is 46.4. The zero-order valence-corrected chi connectivity index (χ0v) is 28.0. The fraction of sp³-hybridized carbons (Fsp3) is 0.462. The molecule has 0 aromatic heterocycles. The Hall–Kier alpha value is -3.97. The van der Waals surface area contributed by atoms with Crippen molar-refractivity contribution in [3.63, 3.8) is 0 Å². The molecule has 5 rings (SSSR count). The summed E-state index contributed by atoms with van der Waals surface area (Å²) in [5.41, 5.74) is -1.33. The number of phenols is 1. The van der Waals surface area contributed by atoms with Gasteiger partial charge >= 0.3 is 0 Å². The van der Waals surface area contributed by atoms with E-state index in [0.29, 0.717) is 11.5 Å². The van der Waals surface area contributed by atoms with Gasteiger partial charge in [-0.05, 0) is 72.8 Å². The highest BCUT2D eigenvalue weighted by Crippen LogP contribution is 2.65. The number of phenolic OH excluding ortho intramolecular Hbond substituents is 1. The second-order valence-corrected chi connectivity index (χ2v) is 14.8. The van der Waals surface area contributed by atoms with Crippen LogP contribution in [0.4, 0.5) is 0 Å². The summed E-state index contributed by atoms with van der Waals surface area (Å²) in [5.74, 6) is -4.62. The van der Waals surface area contributed by atoms with Crippen molar-refractivity contribution in [3.8, 4) is 16.9 Å². The number of aliphatic hydroxyl groups excluding tert-OH is 2. The molecule has 0 aliphatic heterocycles. The van der Waals surface area contributed by atoms with E-state index in [1.54, 1.807) is 13.0 Å². The third-order valence-corrected chi connectivity index (χ3v) is 10.9. The minimum Gasteiger partial charge on any atom is -0.511 e. The van der Waals surface area contributed by atoms with E-state index in [9.17, 15) is 34.8 Å². The molecule has 3 aliphatic rings. The summed E-state index contributed by atoms with van der Waals surface area (Å²) in [6, 6.07) is 11.3. The van der Waals surface area contributed by atoms with Crippen molar-refractivity contribution < 1.29 is 34.8 Å². The highest BCUT2D eigenvalue weighted by molar-refractivity contribution is 6.25. The molecular weight excluding hydrogens is 580 g/mol. The molecule has 3 aliphatic carbocycles. The van der Waals surface area contributed by atoms with Crippen molar-refractivity contribution in [2.75, 3.05) is 0 Å². The number of hydrogen-bond acceptors (Lipinski definition) is 7. The summed E-state index contributed by atoms with van der Waals surface area (Å²) in [6.45, 7) is 16.9. The van der Waals surface area contributed by atoms with Crippen LogP contribution in [0, 0.1) is 28.6 Å². The number of carbonyl (C=O) groups is 3. The molecule has 5 unspecified atom stereocenters. The number of fused-ring (bicyclic) bond motifs is 3. The average Bonchev–Trinajstić information content (AvgIpc) is 2.95. The summed E-state index contributed by atoms with van der Waals surface area (Å²) >= 11 is 0. The van der Waals surface area contributed by atoms with Gasteiger partial charge in [0, 0.05) is 22.3 Å². The Labute approximate surface area is 271 Å². The number of carbonyl (C=O) groups excluding carboxylic acids is 3. The zero-order valence-electron chi connectivity index (χ0n) is 28.0. The number of allylic oxidation sites excluding steroid dienone is 3.